The number of benzene rings is 1. The highest BCUT2D eigenvalue weighted by Gasteiger charge is 1.97. The van der Waals surface area contributed by atoms with Crippen LogP contribution in [-0.2, 0) is 0 Å². The molecule has 0 radical (unpaired) electrons. The van der Waals surface area contributed by atoms with Gasteiger partial charge in [0, 0.05) is 5.33 Å². The molecule has 0 bridgehead atoms. The van der Waals surface area contributed by atoms with Crippen LogP contribution < -0.4 is 4.74 Å². The second-order valence-electron chi connectivity index (χ2n) is 3.25. The van der Waals surface area contributed by atoms with Gasteiger partial charge in [0.2, 0.25) is 0 Å². The fraction of sp³-hybridized carbons (Fsp3) is 0.231. The molecule has 0 unspecified atom stereocenters. The van der Waals surface area contributed by atoms with Gasteiger partial charge in [-0.2, -0.15) is 10.5 Å². The van der Waals surface area contributed by atoms with Crippen molar-refractivity contribution in [3.63, 3.8) is 0 Å². The molecule has 0 aliphatic carbocycles. The van der Waals surface area contributed by atoms with Gasteiger partial charge in [0.1, 0.15) is 23.5 Å². The molecule has 17 heavy (non-hydrogen) atoms. The Balaban J connectivity index is 2.77. The molecule has 0 spiro atoms. The van der Waals surface area contributed by atoms with Crippen LogP contribution >= 0.6 is 15.9 Å². The summed E-state index contributed by atoms with van der Waals surface area (Å²) in [5.41, 5.74) is 0.877. The van der Waals surface area contributed by atoms with Crippen LogP contribution in [0.5, 0.6) is 5.75 Å². The van der Waals surface area contributed by atoms with Crippen molar-refractivity contribution >= 4 is 22.0 Å². The summed E-state index contributed by atoms with van der Waals surface area (Å²) < 4.78 is 5.51. The minimum Gasteiger partial charge on any atom is -0.494 e. The zero-order chi connectivity index (χ0) is 12.5. The summed E-state index contributed by atoms with van der Waals surface area (Å²) >= 11 is 3.33. The third-order valence-corrected chi connectivity index (χ3v) is 2.52. The molecule has 1 rings (SSSR count). The predicted molar refractivity (Wildman–Crippen MR) is 69.6 cm³/mol. The highest BCUT2D eigenvalue weighted by atomic mass is 79.9. The molecule has 0 saturated heterocycles. The molecular weight excluding hydrogens is 280 g/mol. The van der Waals surface area contributed by atoms with Crippen LogP contribution in [0.25, 0.3) is 6.08 Å². The lowest BCUT2D eigenvalue weighted by atomic mass is 10.1. The average molecular weight is 291 g/mol. The molecular formula is C13H11BrN2O. The topological polar surface area (TPSA) is 56.8 Å². The largest absolute Gasteiger partial charge is 0.494 e. The van der Waals surface area contributed by atoms with Gasteiger partial charge in [0.25, 0.3) is 0 Å². The van der Waals surface area contributed by atoms with E-state index in [1.807, 2.05) is 36.4 Å². The minimum atomic E-state index is 0.0857. The zero-order valence-corrected chi connectivity index (χ0v) is 10.8. The Morgan fingerprint density at radius 1 is 1.35 bits per heavy atom. The van der Waals surface area contributed by atoms with E-state index >= 15 is 0 Å². The Bertz CT molecular complexity index is 467. The molecule has 0 saturated carbocycles. The first-order chi connectivity index (χ1) is 8.30. The standard InChI is InChI=1S/C13H11BrN2O/c14-5-2-6-17-13-4-1-3-11(8-13)7-12(9-15)10-16/h1,3-4,7-8H,2,5-6H2. The zero-order valence-electron chi connectivity index (χ0n) is 9.19. The molecule has 1 aromatic rings. The van der Waals surface area contributed by atoms with Crippen molar-refractivity contribution < 1.29 is 4.74 Å². The number of halogens is 1. The smallest absolute Gasteiger partial charge is 0.130 e. The van der Waals surface area contributed by atoms with E-state index in [-0.39, 0.29) is 5.57 Å². The molecule has 0 amide bonds. The van der Waals surface area contributed by atoms with Crippen LogP contribution in [0.3, 0.4) is 0 Å². The fourth-order valence-corrected chi connectivity index (χ4v) is 1.42. The van der Waals surface area contributed by atoms with E-state index in [0.29, 0.717) is 6.61 Å². The number of ether oxygens (including phenoxy) is 1. The van der Waals surface area contributed by atoms with E-state index in [2.05, 4.69) is 15.9 Å². The molecule has 0 N–H and O–H groups in total. The van der Waals surface area contributed by atoms with E-state index < -0.39 is 0 Å². The number of hydrogen-bond donors (Lipinski definition) is 0. The monoisotopic (exact) mass is 290 g/mol. The number of rotatable bonds is 5. The van der Waals surface area contributed by atoms with E-state index in [1.165, 1.54) is 6.08 Å². The number of allylic oxidation sites excluding steroid dienone is 1. The Morgan fingerprint density at radius 3 is 2.76 bits per heavy atom. The molecule has 0 aromatic heterocycles. The molecule has 4 heteroatoms. The van der Waals surface area contributed by atoms with Crippen molar-refractivity contribution in [2.75, 3.05) is 11.9 Å². The van der Waals surface area contributed by atoms with Gasteiger partial charge in [0.15, 0.2) is 0 Å². The average Bonchev–Trinajstić information content (AvgIpc) is 2.37. The van der Waals surface area contributed by atoms with E-state index in [1.54, 1.807) is 0 Å². The molecule has 0 fully saturated rings. The third kappa shape index (κ3) is 4.72. The predicted octanol–water partition coefficient (Wildman–Crippen LogP) is 3.28. The lowest BCUT2D eigenvalue weighted by molar-refractivity contribution is 0.319. The Labute approximate surface area is 109 Å². The summed E-state index contributed by atoms with van der Waals surface area (Å²) in [5.74, 6) is 0.745. The first-order valence-corrected chi connectivity index (χ1v) is 6.23. The van der Waals surface area contributed by atoms with Gasteiger partial charge in [0.05, 0.1) is 6.61 Å². The molecule has 0 atom stereocenters. The minimum absolute atomic E-state index is 0.0857. The quantitative estimate of drug-likeness (QED) is 0.475. The summed E-state index contributed by atoms with van der Waals surface area (Å²) in [6, 6.07) is 11.0. The van der Waals surface area contributed by atoms with E-state index in [4.69, 9.17) is 15.3 Å². The summed E-state index contributed by atoms with van der Waals surface area (Å²) in [5, 5.41) is 18.2. The normalized spacial score (nSPS) is 8.88. The molecule has 0 heterocycles. The lowest BCUT2D eigenvalue weighted by Gasteiger charge is -2.05. The van der Waals surface area contributed by atoms with Gasteiger partial charge in [-0.25, -0.2) is 0 Å². The van der Waals surface area contributed by atoms with Crippen molar-refractivity contribution in [1.29, 1.82) is 10.5 Å². The van der Waals surface area contributed by atoms with Crippen LogP contribution in [0.4, 0.5) is 0 Å². The van der Waals surface area contributed by atoms with Gasteiger partial charge in [-0.15, -0.1) is 0 Å². The molecule has 86 valence electrons. The molecule has 0 aliphatic heterocycles. The first kappa shape index (κ1) is 13.3. The van der Waals surface area contributed by atoms with Crippen molar-refractivity contribution in [1.82, 2.24) is 0 Å². The number of hydrogen-bond acceptors (Lipinski definition) is 3. The van der Waals surface area contributed by atoms with E-state index in [9.17, 15) is 0 Å². The second-order valence-corrected chi connectivity index (χ2v) is 4.04. The van der Waals surface area contributed by atoms with Crippen molar-refractivity contribution in [2.45, 2.75) is 6.42 Å². The van der Waals surface area contributed by atoms with Gasteiger partial charge < -0.3 is 4.74 Å². The third-order valence-electron chi connectivity index (χ3n) is 1.96. The lowest BCUT2D eigenvalue weighted by Crippen LogP contribution is -1.97. The highest BCUT2D eigenvalue weighted by molar-refractivity contribution is 9.09. The van der Waals surface area contributed by atoms with Crippen LogP contribution in [-0.4, -0.2) is 11.9 Å². The second kappa shape index (κ2) is 7.49. The molecule has 3 nitrogen and oxygen atoms in total. The maximum Gasteiger partial charge on any atom is 0.130 e. The van der Waals surface area contributed by atoms with Crippen LogP contribution in [0.1, 0.15) is 12.0 Å². The van der Waals surface area contributed by atoms with Gasteiger partial charge in [-0.3, -0.25) is 0 Å². The Kier molecular flexibility index (Phi) is 5.85. The SMILES string of the molecule is N#CC(C#N)=Cc1cccc(OCCCBr)c1. The summed E-state index contributed by atoms with van der Waals surface area (Å²) in [6.45, 7) is 0.641. The van der Waals surface area contributed by atoms with Crippen LogP contribution in [0.2, 0.25) is 0 Å². The van der Waals surface area contributed by atoms with Crippen molar-refractivity contribution in [2.24, 2.45) is 0 Å². The van der Waals surface area contributed by atoms with E-state index in [0.717, 1.165) is 23.1 Å². The molecule has 0 aliphatic rings. The highest BCUT2D eigenvalue weighted by Crippen LogP contribution is 2.16. The maximum atomic E-state index is 8.65. The fourth-order valence-electron chi connectivity index (χ4n) is 1.19. The van der Waals surface area contributed by atoms with Gasteiger partial charge >= 0.3 is 0 Å². The van der Waals surface area contributed by atoms with Gasteiger partial charge in [-0.1, -0.05) is 28.1 Å². The molecule has 1 aromatic carbocycles. The first-order valence-electron chi connectivity index (χ1n) is 5.11. The van der Waals surface area contributed by atoms with Crippen LogP contribution in [0.15, 0.2) is 29.8 Å². The van der Waals surface area contributed by atoms with Crippen molar-refractivity contribution in [3.05, 3.63) is 35.4 Å². The summed E-state index contributed by atoms with van der Waals surface area (Å²) in [7, 11) is 0. The Morgan fingerprint density at radius 2 is 2.12 bits per heavy atom. The van der Waals surface area contributed by atoms with Crippen molar-refractivity contribution in [3.8, 4) is 17.9 Å². The Hall–Kier alpha value is -1.78. The summed E-state index contributed by atoms with van der Waals surface area (Å²) in [6.07, 6.45) is 2.47. The summed E-state index contributed by atoms with van der Waals surface area (Å²) in [4.78, 5) is 0. The number of alkyl halides is 1. The van der Waals surface area contributed by atoms with Crippen LogP contribution in [0, 0.1) is 22.7 Å². The van der Waals surface area contributed by atoms with Gasteiger partial charge in [-0.05, 0) is 30.2 Å². The number of nitrogens with zero attached hydrogens (tertiary/aromatic N) is 2. The maximum absolute atomic E-state index is 8.65. The number of nitriles is 2.